The van der Waals surface area contributed by atoms with Gasteiger partial charge in [0.1, 0.15) is 0 Å². The molecule has 5 nitrogen and oxygen atoms in total. The third kappa shape index (κ3) is 2.37. The summed E-state index contributed by atoms with van der Waals surface area (Å²) in [5, 5.41) is 5.03. The molecule has 0 aliphatic carbocycles. The molecule has 0 aromatic rings. The molecule has 0 spiro atoms. The Morgan fingerprint density at radius 2 is 2.55 bits per heavy atom. The van der Waals surface area contributed by atoms with Gasteiger partial charge in [0, 0.05) is 18.7 Å². The van der Waals surface area contributed by atoms with E-state index in [0.29, 0.717) is 25.9 Å². The zero-order chi connectivity index (χ0) is 8.10. The molecular formula is C6H9N3O2. The van der Waals surface area contributed by atoms with Gasteiger partial charge in [-0.3, -0.25) is 4.79 Å². The molecule has 1 aliphatic rings. The van der Waals surface area contributed by atoms with Gasteiger partial charge in [-0.25, -0.2) is 9.79 Å². The fourth-order valence-corrected chi connectivity index (χ4v) is 0.820. The van der Waals surface area contributed by atoms with Crippen LogP contribution in [-0.4, -0.2) is 31.2 Å². The highest BCUT2D eigenvalue weighted by atomic mass is 16.2. The second kappa shape index (κ2) is 3.70. The number of nitrogens with one attached hydrogen (secondary N) is 2. The van der Waals surface area contributed by atoms with Gasteiger partial charge in [0.05, 0.1) is 6.54 Å². The summed E-state index contributed by atoms with van der Waals surface area (Å²) in [6.45, 7) is 1.05. The minimum Gasteiger partial charge on any atom is -0.358 e. The maximum atomic E-state index is 10.5. The number of hydrogen-bond acceptors (Lipinski definition) is 2. The topological polar surface area (TPSA) is 70.6 Å². The Morgan fingerprint density at radius 3 is 3.09 bits per heavy atom. The molecule has 5 heteroatoms. The Hall–Kier alpha value is -1.39. The van der Waals surface area contributed by atoms with Gasteiger partial charge in [0.25, 0.3) is 0 Å². The highest BCUT2D eigenvalue weighted by Gasteiger charge is 2.10. The van der Waals surface area contributed by atoms with Crippen LogP contribution in [0, 0.1) is 0 Å². The third-order valence-electron chi connectivity index (χ3n) is 1.34. The Bertz CT molecular complexity index is 200. The van der Waals surface area contributed by atoms with Crippen molar-refractivity contribution < 1.29 is 9.59 Å². The highest BCUT2D eigenvalue weighted by molar-refractivity contribution is 6.02. The second-order valence-electron chi connectivity index (χ2n) is 2.16. The Balaban J connectivity index is 2.21. The van der Waals surface area contributed by atoms with E-state index < -0.39 is 0 Å². The molecule has 1 aliphatic heterocycles. The quantitative estimate of drug-likeness (QED) is 0.415. The van der Waals surface area contributed by atoms with Gasteiger partial charge in [-0.05, 0) is 0 Å². The number of hydrogen-bond donors (Lipinski definition) is 2. The minimum atomic E-state index is -0.286. The predicted octanol–water partition coefficient (Wildman–Crippen LogP) is -0.713. The maximum absolute atomic E-state index is 10.5. The summed E-state index contributed by atoms with van der Waals surface area (Å²) in [6, 6.07) is -0.286. The van der Waals surface area contributed by atoms with Crippen LogP contribution in [0.1, 0.15) is 6.42 Å². The lowest BCUT2D eigenvalue weighted by Gasteiger charge is -1.96. The van der Waals surface area contributed by atoms with Crippen LogP contribution in [0.4, 0.5) is 4.79 Å². The molecule has 0 fully saturated rings. The molecule has 0 saturated carbocycles. The van der Waals surface area contributed by atoms with Crippen LogP contribution in [0.2, 0.25) is 0 Å². The molecular weight excluding hydrogens is 146 g/mol. The average molecular weight is 155 g/mol. The average Bonchev–Trinajstić information content (AvgIpc) is 2.37. The van der Waals surface area contributed by atoms with Crippen molar-refractivity contribution in [2.24, 2.45) is 4.99 Å². The van der Waals surface area contributed by atoms with Crippen molar-refractivity contribution in [2.75, 3.05) is 13.1 Å². The van der Waals surface area contributed by atoms with Crippen molar-refractivity contribution in [3.63, 3.8) is 0 Å². The van der Waals surface area contributed by atoms with Gasteiger partial charge in [-0.2, -0.15) is 0 Å². The highest BCUT2D eigenvalue weighted by Crippen LogP contribution is 1.93. The van der Waals surface area contributed by atoms with Gasteiger partial charge < -0.3 is 10.6 Å². The molecule has 0 aromatic heterocycles. The molecule has 60 valence electrons. The number of nitrogens with zero attached hydrogens (tertiary/aromatic N) is 1. The van der Waals surface area contributed by atoms with Crippen molar-refractivity contribution in [3.05, 3.63) is 0 Å². The molecule has 0 unspecified atom stereocenters. The number of carbonyl (C=O) groups is 2. The summed E-state index contributed by atoms with van der Waals surface area (Å²) in [6.07, 6.45) is 1.27. The molecule has 1 heterocycles. The molecule has 0 radical (unpaired) electrons. The fourth-order valence-electron chi connectivity index (χ4n) is 0.820. The lowest BCUT2D eigenvalue weighted by molar-refractivity contribution is -0.109. The first-order valence-corrected chi connectivity index (χ1v) is 3.34. The van der Waals surface area contributed by atoms with Gasteiger partial charge in [-0.1, -0.05) is 0 Å². The van der Waals surface area contributed by atoms with E-state index in [2.05, 4.69) is 15.6 Å². The molecule has 3 amide bonds. The Kier molecular flexibility index (Phi) is 2.59. The predicted molar refractivity (Wildman–Crippen MR) is 39.5 cm³/mol. The summed E-state index contributed by atoms with van der Waals surface area (Å²) >= 11 is 0. The van der Waals surface area contributed by atoms with Crippen LogP contribution < -0.4 is 10.6 Å². The molecule has 2 N–H and O–H groups in total. The first-order chi connectivity index (χ1) is 5.33. The second-order valence-corrected chi connectivity index (χ2v) is 2.16. The van der Waals surface area contributed by atoms with Crippen LogP contribution in [0.3, 0.4) is 0 Å². The summed E-state index contributed by atoms with van der Waals surface area (Å²) in [4.78, 5) is 24.0. The first kappa shape index (κ1) is 7.71. The molecule has 0 saturated heterocycles. The SMILES string of the molecule is O=CNCCC1=NC(=O)NC1. The van der Waals surface area contributed by atoms with E-state index >= 15 is 0 Å². The first-order valence-electron chi connectivity index (χ1n) is 3.34. The Morgan fingerprint density at radius 1 is 1.73 bits per heavy atom. The normalized spacial score (nSPS) is 15.6. The number of rotatable bonds is 4. The van der Waals surface area contributed by atoms with Crippen molar-refractivity contribution >= 4 is 18.2 Å². The van der Waals surface area contributed by atoms with E-state index in [-0.39, 0.29) is 6.03 Å². The zero-order valence-electron chi connectivity index (χ0n) is 5.96. The Labute approximate surface area is 63.9 Å². The zero-order valence-corrected chi connectivity index (χ0v) is 5.96. The maximum Gasteiger partial charge on any atom is 0.341 e. The van der Waals surface area contributed by atoms with E-state index in [1.807, 2.05) is 0 Å². The van der Waals surface area contributed by atoms with Crippen molar-refractivity contribution in [2.45, 2.75) is 6.42 Å². The third-order valence-corrected chi connectivity index (χ3v) is 1.34. The summed E-state index contributed by atoms with van der Waals surface area (Å²) in [5.74, 6) is 0. The van der Waals surface area contributed by atoms with Gasteiger partial charge in [0.15, 0.2) is 0 Å². The van der Waals surface area contributed by atoms with Crippen molar-refractivity contribution in [3.8, 4) is 0 Å². The van der Waals surface area contributed by atoms with E-state index in [1.165, 1.54) is 0 Å². The van der Waals surface area contributed by atoms with Crippen LogP contribution in [0.15, 0.2) is 4.99 Å². The number of amides is 3. The largest absolute Gasteiger partial charge is 0.358 e. The summed E-state index contributed by atoms with van der Waals surface area (Å²) < 4.78 is 0. The van der Waals surface area contributed by atoms with Crippen LogP contribution in [0.5, 0.6) is 0 Å². The van der Waals surface area contributed by atoms with Gasteiger partial charge >= 0.3 is 6.03 Å². The number of urea groups is 1. The van der Waals surface area contributed by atoms with E-state index in [4.69, 9.17) is 0 Å². The number of carbonyl (C=O) groups excluding carboxylic acids is 2. The molecule has 0 aromatic carbocycles. The molecule has 0 bridgehead atoms. The standard InChI is InChI=1S/C6H9N3O2/c10-4-7-2-1-5-3-8-6(11)9-5/h4H,1-3H2,(H,7,10)(H,8,11). The van der Waals surface area contributed by atoms with Crippen LogP contribution >= 0.6 is 0 Å². The summed E-state index contributed by atoms with van der Waals surface area (Å²) in [5.41, 5.74) is 0.796. The molecule has 0 atom stereocenters. The van der Waals surface area contributed by atoms with E-state index in [0.717, 1.165) is 5.71 Å². The van der Waals surface area contributed by atoms with Crippen molar-refractivity contribution in [1.82, 2.24) is 10.6 Å². The van der Waals surface area contributed by atoms with Crippen molar-refractivity contribution in [1.29, 1.82) is 0 Å². The van der Waals surface area contributed by atoms with Crippen LogP contribution in [-0.2, 0) is 4.79 Å². The van der Waals surface area contributed by atoms with Gasteiger partial charge in [-0.15, -0.1) is 0 Å². The molecule has 1 rings (SSSR count). The fraction of sp³-hybridized carbons (Fsp3) is 0.500. The van der Waals surface area contributed by atoms with Gasteiger partial charge in [0.2, 0.25) is 6.41 Å². The number of aliphatic imine (C=N–C) groups is 1. The monoisotopic (exact) mass is 155 g/mol. The smallest absolute Gasteiger partial charge is 0.341 e. The lowest BCUT2D eigenvalue weighted by atomic mass is 10.3. The lowest BCUT2D eigenvalue weighted by Crippen LogP contribution is -2.20. The van der Waals surface area contributed by atoms with E-state index in [9.17, 15) is 9.59 Å². The van der Waals surface area contributed by atoms with E-state index in [1.54, 1.807) is 0 Å². The minimum absolute atomic E-state index is 0.286. The molecule has 11 heavy (non-hydrogen) atoms. The summed E-state index contributed by atoms with van der Waals surface area (Å²) in [7, 11) is 0. The van der Waals surface area contributed by atoms with Crippen LogP contribution in [0.25, 0.3) is 0 Å².